The minimum atomic E-state index is -0.635. The molecule has 0 spiro atoms. The van der Waals surface area contributed by atoms with Gasteiger partial charge >= 0.3 is 11.9 Å². The van der Waals surface area contributed by atoms with Gasteiger partial charge in [-0.15, -0.1) is 0 Å². The van der Waals surface area contributed by atoms with E-state index in [-0.39, 0.29) is 25.0 Å². The fourth-order valence-corrected chi connectivity index (χ4v) is 6.76. The lowest BCUT2D eigenvalue weighted by atomic mass is 9.52. The van der Waals surface area contributed by atoms with Crippen molar-refractivity contribution in [3.63, 3.8) is 0 Å². The number of ether oxygens (including phenoxy) is 2. The van der Waals surface area contributed by atoms with Crippen molar-refractivity contribution in [2.45, 2.75) is 56.1 Å². The number of esters is 2. The molecule has 4 aliphatic carbocycles. The van der Waals surface area contributed by atoms with Crippen LogP contribution in [0.3, 0.4) is 0 Å². The summed E-state index contributed by atoms with van der Waals surface area (Å²) in [5, 5.41) is 10.7. The maximum absolute atomic E-state index is 12.3. The highest BCUT2D eigenvalue weighted by molar-refractivity contribution is 7.99. The van der Waals surface area contributed by atoms with E-state index in [0.29, 0.717) is 24.8 Å². The molecule has 1 heterocycles. The van der Waals surface area contributed by atoms with Crippen LogP contribution in [0, 0.1) is 11.8 Å². The fourth-order valence-electron chi connectivity index (χ4n) is 5.78. The number of thioether (sulfide) groups is 1. The third-order valence-corrected chi connectivity index (χ3v) is 7.28. The minimum Gasteiger partial charge on any atom is -0.464 e. The first-order chi connectivity index (χ1) is 12.4. The predicted molar refractivity (Wildman–Crippen MR) is 97.8 cm³/mol. The van der Waals surface area contributed by atoms with Crippen molar-refractivity contribution < 1.29 is 24.2 Å². The molecule has 1 N–H and O–H groups in total. The van der Waals surface area contributed by atoms with Crippen LogP contribution in [0.5, 0.6) is 0 Å². The zero-order valence-electron chi connectivity index (χ0n) is 15.3. The molecule has 1 saturated heterocycles. The topological polar surface area (TPSA) is 76.1 Å². The Morgan fingerprint density at radius 1 is 1.08 bits per heavy atom. The summed E-state index contributed by atoms with van der Waals surface area (Å²) in [4.78, 5) is 26.3. The zero-order chi connectivity index (χ0) is 18.2. The largest absolute Gasteiger partial charge is 0.464 e. The van der Waals surface area contributed by atoms with E-state index in [1.54, 1.807) is 0 Å². The zero-order valence-corrected chi connectivity index (χ0v) is 16.1. The van der Waals surface area contributed by atoms with E-state index in [0.717, 1.165) is 56.7 Å². The van der Waals surface area contributed by atoms with Crippen LogP contribution in [0.15, 0.2) is 0 Å². The van der Waals surface area contributed by atoms with Crippen molar-refractivity contribution in [3.8, 4) is 0 Å². The van der Waals surface area contributed by atoms with Gasteiger partial charge in [0.25, 0.3) is 0 Å². The third-order valence-electron chi connectivity index (χ3n) is 6.33. The maximum Gasteiger partial charge on any atom is 0.320 e. The quantitative estimate of drug-likeness (QED) is 0.698. The maximum atomic E-state index is 12.3. The molecule has 0 aromatic heterocycles. The van der Waals surface area contributed by atoms with E-state index in [9.17, 15) is 14.7 Å². The molecule has 2 atom stereocenters. The van der Waals surface area contributed by atoms with Gasteiger partial charge in [0.05, 0.1) is 18.6 Å². The summed E-state index contributed by atoms with van der Waals surface area (Å²) in [6.45, 7) is 2.20. The summed E-state index contributed by atoms with van der Waals surface area (Å²) >= 11 is 1.90. The fraction of sp³-hybridized carbons (Fsp3) is 0.895. The van der Waals surface area contributed by atoms with Gasteiger partial charge in [-0.05, 0) is 43.9 Å². The highest BCUT2D eigenvalue weighted by atomic mass is 32.2. The van der Waals surface area contributed by atoms with Crippen LogP contribution in [0.1, 0.15) is 44.9 Å². The highest BCUT2D eigenvalue weighted by Crippen LogP contribution is 2.58. The second-order valence-electron chi connectivity index (χ2n) is 8.70. The average molecular weight is 384 g/mol. The molecule has 5 rings (SSSR count). The van der Waals surface area contributed by atoms with Crippen molar-refractivity contribution in [1.29, 1.82) is 0 Å². The molecular formula is C19H29NO5S. The van der Waals surface area contributed by atoms with Crippen LogP contribution in [0.4, 0.5) is 0 Å². The van der Waals surface area contributed by atoms with Crippen LogP contribution >= 0.6 is 11.8 Å². The van der Waals surface area contributed by atoms with Crippen molar-refractivity contribution >= 4 is 23.7 Å². The highest BCUT2D eigenvalue weighted by Gasteiger charge is 2.59. The molecule has 0 aromatic rings. The number of nitrogens with zero attached hydrogens (tertiary/aromatic N) is 1. The SMILES string of the molecule is O=C(CN1CCSCC1)OCCC(=O)OC12CC3CC(CC(O)(C3)C1)C2. The molecule has 6 nitrogen and oxygen atoms in total. The number of aliphatic hydroxyl groups is 1. The van der Waals surface area contributed by atoms with E-state index < -0.39 is 11.2 Å². The standard InChI is InChI=1S/C19H29NO5S/c21-16(1-4-24-17(22)12-20-2-5-26-6-3-20)25-19-10-14-7-15(11-19)9-18(23,8-14)13-19/h14-15,23H,1-13H2. The molecule has 0 radical (unpaired) electrons. The Morgan fingerprint density at radius 3 is 2.42 bits per heavy atom. The van der Waals surface area contributed by atoms with Crippen LogP contribution in [0.25, 0.3) is 0 Å². The second kappa shape index (κ2) is 7.32. The molecule has 2 unspecified atom stereocenters. The van der Waals surface area contributed by atoms with E-state index in [1.165, 1.54) is 0 Å². The van der Waals surface area contributed by atoms with Crippen molar-refractivity contribution in [1.82, 2.24) is 4.90 Å². The summed E-state index contributed by atoms with van der Waals surface area (Å²) in [6, 6.07) is 0. The summed E-state index contributed by atoms with van der Waals surface area (Å²) in [6.07, 6.45) is 5.30. The third kappa shape index (κ3) is 4.20. The number of hydrogen-bond donors (Lipinski definition) is 1. The van der Waals surface area contributed by atoms with Gasteiger partial charge < -0.3 is 14.6 Å². The molecule has 146 valence electrons. The molecule has 4 saturated carbocycles. The lowest BCUT2D eigenvalue weighted by Crippen LogP contribution is -2.60. The molecule has 5 fully saturated rings. The molecule has 7 heteroatoms. The van der Waals surface area contributed by atoms with E-state index in [4.69, 9.17) is 9.47 Å². The smallest absolute Gasteiger partial charge is 0.320 e. The van der Waals surface area contributed by atoms with E-state index in [2.05, 4.69) is 4.90 Å². The van der Waals surface area contributed by atoms with Gasteiger partial charge in [-0.2, -0.15) is 11.8 Å². The van der Waals surface area contributed by atoms with Crippen LogP contribution in [-0.2, 0) is 19.1 Å². The molecular weight excluding hydrogens is 354 g/mol. The Labute approximate surface area is 159 Å². The van der Waals surface area contributed by atoms with Gasteiger partial charge in [0.15, 0.2) is 0 Å². The number of carbonyl (C=O) groups excluding carboxylic acids is 2. The Morgan fingerprint density at radius 2 is 1.77 bits per heavy atom. The monoisotopic (exact) mass is 383 g/mol. The van der Waals surface area contributed by atoms with Crippen LogP contribution in [-0.4, -0.2) is 70.9 Å². The van der Waals surface area contributed by atoms with Gasteiger partial charge in [-0.25, -0.2) is 0 Å². The Balaban J connectivity index is 1.20. The van der Waals surface area contributed by atoms with Crippen molar-refractivity contribution in [3.05, 3.63) is 0 Å². The van der Waals surface area contributed by atoms with E-state index in [1.807, 2.05) is 11.8 Å². The predicted octanol–water partition coefficient (Wildman–Crippen LogP) is 1.60. The first-order valence-corrected chi connectivity index (χ1v) is 11.0. The first-order valence-electron chi connectivity index (χ1n) is 9.84. The number of rotatable bonds is 6. The van der Waals surface area contributed by atoms with Gasteiger partial charge in [0.2, 0.25) is 0 Å². The summed E-state index contributed by atoms with van der Waals surface area (Å²) in [5.41, 5.74) is -1.12. The van der Waals surface area contributed by atoms with Crippen molar-refractivity contribution in [2.24, 2.45) is 11.8 Å². The number of hydrogen-bond acceptors (Lipinski definition) is 7. The Bertz CT molecular complexity index is 548. The second-order valence-corrected chi connectivity index (χ2v) is 9.93. The summed E-state index contributed by atoms with van der Waals surface area (Å²) in [5.74, 6) is 2.49. The van der Waals surface area contributed by atoms with Gasteiger partial charge in [0.1, 0.15) is 12.2 Å². The molecule has 26 heavy (non-hydrogen) atoms. The lowest BCUT2D eigenvalue weighted by molar-refractivity contribution is -0.220. The van der Waals surface area contributed by atoms with Gasteiger partial charge in [-0.1, -0.05) is 0 Å². The van der Waals surface area contributed by atoms with Crippen molar-refractivity contribution in [2.75, 3.05) is 37.7 Å². The summed E-state index contributed by atoms with van der Waals surface area (Å²) < 4.78 is 11.1. The lowest BCUT2D eigenvalue weighted by Gasteiger charge is -2.59. The average Bonchev–Trinajstić information content (AvgIpc) is 2.52. The molecule has 1 aliphatic heterocycles. The van der Waals surface area contributed by atoms with Gasteiger partial charge in [0, 0.05) is 31.0 Å². The Kier molecular flexibility index (Phi) is 5.23. The molecule has 4 bridgehead atoms. The molecule has 0 aromatic carbocycles. The normalized spacial score (nSPS) is 39.0. The Hall–Kier alpha value is -0.790. The number of carbonyl (C=O) groups is 2. The minimum absolute atomic E-state index is 0.0768. The van der Waals surface area contributed by atoms with E-state index >= 15 is 0 Å². The van der Waals surface area contributed by atoms with Gasteiger partial charge in [-0.3, -0.25) is 14.5 Å². The molecule has 0 amide bonds. The molecule has 5 aliphatic rings. The summed E-state index contributed by atoms with van der Waals surface area (Å²) in [7, 11) is 0. The van der Waals surface area contributed by atoms with Crippen LogP contribution < -0.4 is 0 Å². The first kappa shape index (κ1) is 18.6. The van der Waals surface area contributed by atoms with Crippen LogP contribution in [0.2, 0.25) is 0 Å².